The summed E-state index contributed by atoms with van der Waals surface area (Å²) < 4.78 is 1.13. The molecule has 2 bridgehead atoms. The molecule has 3 saturated carbocycles. The van der Waals surface area contributed by atoms with Crippen LogP contribution >= 0.6 is 27.3 Å². The number of fused-ring (bicyclic) bond motifs is 5. The highest BCUT2D eigenvalue weighted by Gasteiger charge is 2.66. The van der Waals surface area contributed by atoms with Crippen LogP contribution in [0.15, 0.2) is 15.9 Å². The van der Waals surface area contributed by atoms with Crippen molar-refractivity contribution in [3.63, 3.8) is 0 Å². The average Bonchev–Trinajstić information content (AvgIpc) is 2.68. The van der Waals surface area contributed by atoms with Gasteiger partial charge in [-0.15, -0.1) is 11.3 Å². The molecule has 5 atom stereocenters. The molecule has 3 aliphatic carbocycles. The second-order valence-corrected chi connectivity index (χ2v) is 8.15. The van der Waals surface area contributed by atoms with Crippen LogP contribution in [0.4, 0.5) is 0 Å². The first-order chi connectivity index (χ1) is 7.75. The van der Waals surface area contributed by atoms with Crippen LogP contribution in [-0.2, 0) is 0 Å². The lowest BCUT2D eigenvalue weighted by atomic mass is 9.98. The molecule has 1 nitrogen and oxygen atoms in total. The van der Waals surface area contributed by atoms with Gasteiger partial charge in [-0.2, -0.15) is 0 Å². The van der Waals surface area contributed by atoms with Gasteiger partial charge in [-0.3, -0.25) is 0 Å². The monoisotopic (exact) mass is 298 g/mol. The van der Waals surface area contributed by atoms with Gasteiger partial charge in [0.1, 0.15) is 0 Å². The van der Waals surface area contributed by atoms with E-state index in [0.29, 0.717) is 5.92 Å². The molecule has 16 heavy (non-hydrogen) atoms. The van der Waals surface area contributed by atoms with E-state index in [4.69, 9.17) is 0 Å². The maximum absolute atomic E-state index is 10.4. The molecule has 0 aromatic carbocycles. The highest BCUT2D eigenvalue weighted by molar-refractivity contribution is 9.11. The normalized spacial score (nSPS) is 45.8. The SMILES string of the molecule is OC(c1ccc(Br)s1)C1C2C3CCC(C3)C21. The zero-order chi connectivity index (χ0) is 10.9. The van der Waals surface area contributed by atoms with E-state index in [1.807, 2.05) is 0 Å². The first-order valence-electron chi connectivity index (χ1n) is 6.19. The van der Waals surface area contributed by atoms with Crippen molar-refractivity contribution in [3.05, 3.63) is 20.8 Å². The van der Waals surface area contributed by atoms with Gasteiger partial charge in [-0.1, -0.05) is 0 Å². The predicted molar refractivity (Wildman–Crippen MR) is 68.3 cm³/mol. The van der Waals surface area contributed by atoms with E-state index in [9.17, 15) is 5.11 Å². The summed E-state index contributed by atoms with van der Waals surface area (Å²) in [5.41, 5.74) is 0. The third-order valence-corrected chi connectivity index (χ3v) is 6.74. The van der Waals surface area contributed by atoms with Crippen LogP contribution in [-0.4, -0.2) is 5.11 Å². The van der Waals surface area contributed by atoms with Gasteiger partial charge in [0, 0.05) is 4.88 Å². The topological polar surface area (TPSA) is 20.2 Å². The molecule has 0 saturated heterocycles. The van der Waals surface area contributed by atoms with Gasteiger partial charge in [-0.25, -0.2) is 0 Å². The number of thiophene rings is 1. The Morgan fingerprint density at radius 3 is 2.50 bits per heavy atom. The fraction of sp³-hybridized carbons (Fsp3) is 0.692. The van der Waals surface area contributed by atoms with Crippen LogP contribution < -0.4 is 0 Å². The first kappa shape index (κ1) is 10.1. The standard InChI is InChI=1S/C13H15BrOS/c14-9-4-3-8(16-9)13(15)12-10-6-1-2-7(5-6)11(10)12/h3-4,6-7,10-13,15H,1-2,5H2. The summed E-state index contributed by atoms with van der Waals surface area (Å²) in [7, 11) is 0. The third kappa shape index (κ3) is 1.25. The molecule has 5 unspecified atom stereocenters. The van der Waals surface area contributed by atoms with E-state index in [1.165, 1.54) is 19.3 Å². The van der Waals surface area contributed by atoms with Crippen molar-refractivity contribution < 1.29 is 5.11 Å². The molecule has 0 spiro atoms. The molecule has 3 fully saturated rings. The molecule has 0 amide bonds. The summed E-state index contributed by atoms with van der Waals surface area (Å²) in [5.74, 6) is 4.25. The number of aliphatic hydroxyl groups is 1. The lowest BCUT2D eigenvalue weighted by Crippen LogP contribution is -2.06. The molecular formula is C13H15BrOS. The van der Waals surface area contributed by atoms with E-state index in [-0.39, 0.29) is 6.10 Å². The first-order valence-corrected chi connectivity index (χ1v) is 7.80. The Balaban J connectivity index is 1.57. The van der Waals surface area contributed by atoms with Crippen LogP contribution in [0.5, 0.6) is 0 Å². The van der Waals surface area contributed by atoms with Gasteiger partial charge >= 0.3 is 0 Å². The summed E-state index contributed by atoms with van der Waals surface area (Å²) in [5, 5.41) is 10.4. The van der Waals surface area contributed by atoms with Crippen molar-refractivity contribution in [2.45, 2.75) is 25.4 Å². The molecule has 1 aromatic rings. The molecule has 0 radical (unpaired) electrons. The smallest absolute Gasteiger partial charge is 0.0916 e. The Bertz CT molecular complexity index is 413. The van der Waals surface area contributed by atoms with Gasteiger partial charge < -0.3 is 5.11 Å². The maximum atomic E-state index is 10.4. The zero-order valence-electron chi connectivity index (χ0n) is 8.97. The molecule has 86 valence electrons. The predicted octanol–water partition coefficient (Wildman–Crippen LogP) is 3.84. The Kier molecular flexibility index (Phi) is 2.10. The Hall–Kier alpha value is 0.140. The molecule has 4 rings (SSSR count). The lowest BCUT2D eigenvalue weighted by molar-refractivity contribution is 0.133. The maximum Gasteiger partial charge on any atom is 0.0916 e. The van der Waals surface area contributed by atoms with Crippen LogP contribution in [0.25, 0.3) is 0 Å². The average molecular weight is 299 g/mol. The molecule has 3 aliphatic rings. The highest BCUT2D eigenvalue weighted by atomic mass is 79.9. The summed E-state index contributed by atoms with van der Waals surface area (Å²) in [6.45, 7) is 0. The van der Waals surface area contributed by atoms with E-state index in [2.05, 4.69) is 28.1 Å². The summed E-state index contributed by atoms with van der Waals surface area (Å²) in [6.07, 6.45) is 4.15. The minimum Gasteiger partial charge on any atom is -0.387 e. The van der Waals surface area contributed by atoms with Crippen molar-refractivity contribution in [3.8, 4) is 0 Å². The third-order valence-electron chi connectivity index (χ3n) is 5.04. The summed E-state index contributed by atoms with van der Waals surface area (Å²) >= 11 is 5.17. The van der Waals surface area contributed by atoms with Gasteiger partial charge in [0.25, 0.3) is 0 Å². The van der Waals surface area contributed by atoms with E-state index in [1.54, 1.807) is 11.3 Å². The number of halogens is 1. The Morgan fingerprint density at radius 1 is 1.25 bits per heavy atom. The molecule has 1 N–H and O–H groups in total. The van der Waals surface area contributed by atoms with E-state index < -0.39 is 0 Å². The summed E-state index contributed by atoms with van der Waals surface area (Å²) in [6, 6.07) is 4.13. The zero-order valence-corrected chi connectivity index (χ0v) is 11.4. The van der Waals surface area contributed by atoms with Crippen molar-refractivity contribution in [2.75, 3.05) is 0 Å². The quantitative estimate of drug-likeness (QED) is 0.880. The van der Waals surface area contributed by atoms with Crippen molar-refractivity contribution >= 4 is 27.3 Å². The molecule has 0 aliphatic heterocycles. The number of rotatable bonds is 2. The van der Waals surface area contributed by atoms with Gasteiger partial charge in [-0.05, 0) is 76.9 Å². The minimum absolute atomic E-state index is 0.185. The highest BCUT2D eigenvalue weighted by Crippen LogP contribution is 2.72. The lowest BCUT2D eigenvalue weighted by Gasteiger charge is -2.13. The van der Waals surface area contributed by atoms with Crippen LogP contribution in [0.3, 0.4) is 0 Å². The number of hydrogen-bond acceptors (Lipinski definition) is 2. The fourth-order valence-corrected chi connectivity index (χ4v) is 5.96. The molecule has 1 heterocycles. The second kappa shape index (κ2) is 3.33. The van der Waals surface area contributed by atoms with E-state index in [0.717, 1.165) is 32.3 Å². The van der Waals surface area contributed by atoms with Crippen LogP contribution in [0.1, 0.15) is 30.2 Å². The molecular weight excluding hydrogens is 284 g/mol. The number of hydrogen-bond donors (Lipinski definition) is 1. The van der Waals surface area contributed by atoms with Crippen LogP contribution in [0.2, 0.25) is 0 Å². The van der Waals surface area contributed by atoms with Crippen molar-refractivity contribution in [1.29, 1.82) is 0 Å². The van der Waals surface area contributed by atoms with Gasteiger partial charge in [0.05, 0.1) is 9.89 Å². The molecule has 3 heteroatoms. The van der Waals surface area contributed by atoms with Crippen molar-refractivity contribution in [1.82, 2.24) is 0 Å². The summed E-state index contributed by atoms with van der Waals surface area (Å²) in [4.78, 5) is 1.16. The van der Waals surface area contributed by atoms with Crippen molar-refractivity contribution in [2.24, 2.45) is 29.6 Å². The van der Waals surface area contributed by atoms with Gasteiger partial charge in [0.15, 0.2) is 0 Å². The Labute approximate surface area is 108 Å². The number of aliphatic hydroxyl groups excluding tert-OH is 1. The van der Waals surface area contributed by atoms with Gasteiger partial charge in [0.2, 0.25) is 0 Å². The van der Waals surface area contributed by atoms with E-state index >= 15 is 0 Å². The Morgan fingerprint density at radius 2 is 1.94 bits per heavy atom. The second-order valence-electron chi connectivity index (χ2n) is 5.65. The van der Waals surface area contributed by atoms with Crippen LogP contribution in [0, 0.1) is 29.6 Å². The minimum atomic E-state index is -0.185. The fourth-order valence-electron chi connectivity index (χ4n) is 4.49. The molecule has 1 aromatic heterocycles. The largest absolute Gasteiger partial charge is 0.387 e.